The molecule has 1 aromatic heterocycles. The van der Waals surface area contributed by atoms with Crippen LogP contribution in [0.1, 0.15) is 43.9 Å². The number of hydrogen-bond acceptors (Lipinski definition) is 4. The number of nitrogens with one attached hydrogen (secondary N) is 1. The van der Waals surface area contributed by atoms with Gasteiger partial charge in [-0.05, 0) is 24.3 Å². The second-order valence-electron chi connectivity index (χ2n) is 6.15. The maximum Gasteiger partial charge on any atom is 0.249 e. The molecule has 0 unspecified atom stereocenters. The lowest BCUT2D eigenvalue weighted by atomic mass is 10.1. The van der Waals surface area contributed by atoms with Gasteiger partial charge in [-0.3, -0.25) is 4.79 Å². The number of nitrogens with zero attached hydrogens (tertiary/aromatic N) is 1. The van der Waals surface area contributed by atoms with Gasteiger partial charge in [-0.1, -0.05) is 38.1 Å². The SMILES string of the molecule is CC(C)c1csc(-c2ccc(CNC(=O)[C@H]3CCCO3)cc2)n1. The van der Waals surface area contributed by atoms with Crippen LogP contribution in [0.15, 0.2) is 29.6 Å². The molecule has 0 spiro atoms. The van der Waals surface area contributed by atoms with Gasteiger partial charge in [-0.15, -0.1) is 11.3 Å². The van der Waals surface area contributed by atoms with E-state index in [9.17, 15) is 4.79 Å². The molecule has 1 aromatic carbocycles. The van der Waals surface area contributed by atoms with E-state index in [-0.39, 0.29) is 12.0 Å². The van der Waals surface area contributed by atoms with Gasteiger partial charge in [0.1, 0.15) is 11.1 Å². The molecule has 1 aliphatic rings. The summed E-state index contributed by atoms with van der Waals surface area (Å²) in [6.07, 6.45) is 1.53. The molecule has 1 amide bonds. The first-order valence-corrected chi connectivity index (χ1v) is 8.95. The van der Waals surface area contributed by atoms with E-state index in [0.717, 1.165) is 34.7 Å². The molecule has 5 heteroatoms. The van der Waals surface area contributed by atoms with Crippen molar-refractivity contribution in [3.63, 3.8) is 0 Å². The van der Waals surface area contributed by atoms with Gasteiger partial charge >= 0.3 is 0 Å². The number of hydrogen-bond donors (Lipinski definition) is 1. The molecule has 0 aliphatic carbocycles. The van der Waals surface area contributed by atoms with Crippen LogP contribution in [0.2, 0.25) is 0 Å². The number of ether oxygens (including phenoxy) is 1. The molecule has 1 saturated heterocycles. The monoisotopic (exact) mass is 330 g/mol. The third-order valence-corrected chi connectivity index (χ3v) is 4.91. The third kappa shape index (κ3) is 3.98. The topological polar surface area (TPSA) is 51.2 Å². The lowest BCUT2D eigenvalue weighted by Crippen LogP contribution is -2.33. The molecule has 1 atom stereocenters. The predicted molar refractivity (Wildman–Crippen MR) is 92.5 cm³/mol. The Balaban J connectivity index is 1.59. The first kappa shape index (κ1) is 16.1. The highest BCUT2D eigenvalue weighted by Crippen LogP contribution is 2.27. The molecule has 2 heterocycles. The van der Waals surface area contributed by atoms with E-state index >= 15 is 0 Å². The first-order valence-electron chi connectivity index (χ1n) is 8.07. The van der Waals surface area contributed by atoms with Crippen molar-refractivity contribution >= 4 is 17.2 Å². The van der Waals surface area contributed by atoms with E-state index in [1.54, 1.807) is 11.3 Å². The van der Waals surface area contributed by atoms with Gasteiger partial charge in [0.15, 0.2) is 0 Å². The molecule has 0 bridgehead atoms. The predicted octanol–water partition coefficient (Wildman–Crippen LogP) is 3.73. The van der Waals surface area contributed by atoms with Crippen molar-refractivity contribution in [3.05, 3.63) is 40.9 Å². The van der Waals surface area contributed by atoms with Crippen LogP contribution in [0, 0.1) is 0 Å². The molecular weight excluding hydrogens is 308 g/mol. The van der Waals surface area contributed by atoms with E-state index in [1.807, 2.05) is 12.1 Å². The maximum atomic E-state index is 11.9. The molecule has 0 radical (unpaired) electrons. The number of thiazole rings is 1. The summed E-state index contributed by atoms with van der Waals surface area (Å²) in [4.78, 5) is 16.6. The molecule has 1 N–H and O–H groups in total. The van der Waals surface area contributed by atoms with Gasteiger partial charge in [-0.25, -0.2) is 4.98 Å². The molecule has 0 saturated carbocycles. The summed E-state index contributed by atoms with van der Waals surface area (Å²) in [5.74, 6) is 0.445. The Morgan fingerprint density at radius 1 is 1.39 bits per heavy atom. The summed E-state index contributed by atoms with van der Waals surface area (Å²) in [6, 6.07) is 8.22. The van der Waals surface area contributed by atoms with Crippen LogP contribution < -0.4 is 5.32 Å². The summed E-state index contributed by atoms with van der Waals surface area (Å²) in [6.45, 7) is 5.53. The summed E-state index contributed by atoms with van der Waals surface area (Å²) < 4.78 is 5.38. The van der Waals surface area contributed by atoms with E-state index in [2.05, 4.69) is 41.7 Å². The Bertz CT molecular complexity index is 658. The molecule has 23 heavy (non-hydrogen) atoms. The second-order valence-corrected chi connectivity index (χ2v) is 7.01. The molecule has 122 valence electrons. The second kappa shape index (κ2) is 7.23. The summed E-state index contributed by atoms with van der Waals surface area (Å²) >= 11 is 1.67. The van der Waals surface area contributed by atoms with Crippen molar-refractivity contribution in [2.24, 2.45) is 0 Å². The Kier molecular flexibility index (Phi) is 5.08. The number of aromatic nitrogens is 1. The lowest BCUT2D eigenvalue weighted by Gasteiger charge is -2.10. The van der Waals surface area contributed by atoms with Crippen molar-refractivity contribution in [2.45, 2.75) is 45.3 Å². The fraction of sp³-hybridized carbons (Fsp3) is 0.444. The number of carbonyl (C=O) groups excluding carboxylic acids is 1. The van der Waals surface area contributed by atoms with Gasteiger partial charge in [-0.2, -0.15) is 0 Å². The van der Waals surface area contributed by atoms with Gasteiger partial charge in [0.05, 0.1) is 5.69 Å². The van der Waals surface area contributed by atoms with Gasteiger partial charge in [0.2, 0.25) is 5.91 Å². The number of carbonyl (C=O) groups is 1. The summed E-state index contributed by atoms with van der Waals surface area (Å²) in [5.41, 5.74) is 3.34. The van der Waals surface area contributed by atoms with Crippen LogP contribution in [0.5, 0.6) is 0 Å². The van der Waals surface area contributed by atoms with Crippen molar-refractivity contribution in [2.75, 3.05) is 6.61 Å². The standard InChI is InChI=1S/C18H22N2O2S/c1-12(2)15-11-23-18(20-15)14-7-5-13(6-8-14)10-19-17(21)16-4-3-9-22-16/h5-8,11-12,16H,3-4,9-10H2,1-2H3,(H,19,21)/t16-/m1/s1. The Morgan fingerprint density at radius 3 is 2.78 bits per heavy atom. The van der Waals surface area contributed by atoms with E-state index in [0.29, 0.717) is 19.1 Å². The van der Waals surface area contributed by atoms with E-state index in [4.69, 9.17) is 4.74 Å². The van der Waals surface area contributed by atoms with Gasteiger partial charge < -0.3 is 10.1 Å². The van der Waals surface area contributed by atoms with Crippen LogP contribution >= 0.6 is 11.3 Å². The number of benzene rings is 1. The highest BCUT2D eigenvalue weighted by Gasteiger charge is 2.22. The summed E-state index contributed by atoms with van der Waals surface area (Å²) in [5, 5.41) is 6.11. The summed E-state index contributed by atoms with van der Waals surface area (Å²) in [7, 11) is 0. The zero-order valence-electron chi connectivity index (χ0n) is 13.5. The molecule has 1 fully saturated rings. The van der Waals surface area contributed by atoms with E-state index in [1.165, 1.54) is 0 Å². The molecule has 4 nitrogen and oxygen atoms in total. The maximum absolute atomic E-state index is 11.9. The Hall–Kier alpha value is -1.72. The average molecular weight is 330 g/mol. The zero-order valence-corrected chi connectivity index (χ0v) is 14.4. The third-order valence-electron chi connectivity index (χ3n) is 4.00. The van der Waals surface area contributed by atoms with Crippen molar-refractivity contribution < 1.29 is 9.53 Å². The lowest BCUT2D eigenvalue weighted by molar-refractivity contribution is -0.130. The Morgan fingerprint density at radius 2 is 2.17 bits per heavy atom. The van der Waals surface area contributed by atoms with Crippen molar-refractivity contribution in [3.8, 4) is 10.6 Å². The quantitative estimate of drug-likeness (QED) is 0.909. The van der Waals surface area contributed by atoms with Crippen LogP contribution in [-0.2, 0) is 16.1 Å². The minimum absolute atomic E-state index is 0.00641. The minimum atomic E-state index is -0.265. The molecule has 1 aliphatic heterocycles. The van der Waals surface area contributed by atoms with Crippen LogP contribution in [0.4, 0.5) is 0 Å². The van der Waals surface area contributed by atoms with Crippen LogP contribution in [0.3, 0.4) is 0 Å². The first-order chi connectivity index (χ1) is 11.1. The number of amides is 1. The smallest absolute Gasteiger partial charge is 0.249 e. The Labute approximate surface area is 140 Å². The van der Waals surface area contributed by atoms with Crippen molar-refractivity contribution in [1.82, 2.24) is 10.3 Å². The largest absolute Gasteiger partial charge is 0.368 e. The number of rotatable bonds is 5. The van der Waals surface area contributed by atoms with Gasteiger partial charge in [0.25, 0.3) is 0 Å². The van der Waals surface area contributed by atoms with Gasteiger partial charge in [0, 0.05) is 24.1 Å². The highest BCUT2D eigenvalue weighted by atomic mass is 32.1. The zero-order chi connectivity index (χ0) is 16.2. The fourth-order valence-corrected chi connectivity index (χ4v) is 3.52. The molecule has 3 rings (SSSR count). The highest BCUT2D eigenvalue weighted by molar-refractivity contribution is 7.13. The average Bonchev–Trinajstić information content (AvgIpc) is 3.24. The van der Waals surface area contributed by atoms with E-state index < -0.39 is 0 Å². The molecule has 2 aromatic rings. The minimum Gasteiger partial charge on any atom is -0.368 e. The molecular formula is C18H22N2O2S. The van der Waals surface area contributed by atoms with Crippen LogP contribution in [-0.4, -0.2) is 23.6 Å². The fourth-order valence-electron chi connectivity index (χ4n) is 2.54. The van der Waals surface area contributed by atoms with Crippen molar-refractivity contribution in [1.29, 1.82) is 0 Å². The van der Waals surface area contributed by atoms with Crippen LogP contribution in [0.25, 0.3) is 10.6 Å². The normalized spacial score (nSPS) is 17.6.